The van der Waals surface area contributed by atoms with E-state index in [0.29, 0.717) is 17.9 Å². The highest BCUT2D eigenvalue weighted by Crippen LogP contribution is 2.42. The van der Waals surface area contributed by atoms with Gasteiger partial charge in [0.05, 0.1) is 5.69 Å². The van der Waals surface area contributed by atoms with Crippen LogP contribution in [0.1, 0.15) is 49.8 Å². The molecule has 0 spiro atoms. The van der Waals surface area contributed by atoms with Crippen LogP contribution in [0.15, 0.2) is 0 Å². The Hall–Kier alpha value is -1.07. The minimum Gasteiger partial charge on any atom is -0.327 e. The number of aromatic nitrogens is 2. The molecule has 2 atom stereocenters. The van der Waals surface area contributed by atoms with Crippen LogP contribution >= 0.6 is 12.4 Å². The number of halogens is 1. The first kappa shape index (κ1) is 16.8. The molecule has 2 bridgehead atoms. The van der Waals surface area contributed by atoms with Crippen LogP contribution < -0.4 is 11.1 Å². The highest BCUT2D eigenvalue weighted by molar-refractivity contribution is 5.92. The maximum atomic E-state index is 12.8. The first-order valence-corrected chi connectivity index (χ1v) is 8.74. The van der Waals surface area contributed by atoms with Crippen LogP contribution in [0.3, 0.4) is 0 Å². The second-order valence-corrected chi connectivity index (χ2v) is 7.44. The Morgan fingerprint density at radius 1 is 1.22 bits per heavy atom. The van der Waals surface area contributed by atoms with E-state index in [0.717, 1.165) is 37.9 Å². The van der Waals surface area contributed by atoms with Crippen LogP contribution in [-0.2, 0) is 24.7 Å². The zero-order valence-corrected chi connectivity index (χ0v) is 14.6. The van der Waals surface area contributed by atoms with Gasteiger partial charge in [0.15, 0.2) is 0 Å². The van der Waals surface area contributed by atoms with Crippen LogP contribution in [0, 0.1) is 17.8 Å². The zero-order valence-electron chi connectivity index (χ0n) is 13.8. The van der Waals surface area contributed by atoms with E-state index in [1.165, 1.54) is 30.5 Å². The van der Waals surface area contributed by atoms with Crippen molar-refractivity contribution in [3.63, 3.8) is 0 Å². The average Bonchev–Trinajstić information content (AvgIpc) is 3.01. The molecule has 3 aliphatic rings. The van der Waals surface area contributed by atoms with Gasteiger partial charge in [-0.25, -0.2) is 0 Å². The summed E-state index contributed by atoms with van der Waals surface area (Å²) in [5.41, 5.74) is 8.76. The van der Waals surface area contributed by atoms with E-state index >= 15 is 0 Å². The molecule has 1 aromatic heterocycles. The van der Waals surface area contributed by atoms with Gasteiger partial charge in [0, 0.05) is 24.6 Å². The number of fused-ring (bicyclic) bond motifs is 3. The standard InChI is InChI=1S/C17H26N4O.ClH/c1-21-16(13-6-3-7-14(13)20-21)19-17(22)12-8-10-4-2-5-11(9-12)15(10)18;/h10-12,15H,2-9,18H2,1H3,(H,19,22);1H. The summed E-state index contributed by atoms with van der Waals surface area (Å²) >= 11 is 0. The number of nitrogens with one attached hydrogen (secondary N) is 1. The third-order valence-electron chi connectivity index (χ3n) is 6.09. The average molecular weight is 339 g/mol. The molecule has 3 aliphatic carbocycles. The maximum Gasteiger partial charge on any atom is 0.228 e. The van der Waals surface area contributed by atoms with Gasteiger partial charge in [0.2, 0.25) is 5.91 Å². The molecular formula is C17H27ClN4O. The number of hydrogen-bond acceptors (Lipinski definition) is 3. The fourth-order valence-electron chi connectivity index (χ4n) is 4.90. The zero-order chi connectivity index (χ0) is 15.3. The highest BCUT2D eigenvalue weighted by Gasteiger charge is 2.40. The quantitative estimate of drug-likeness (QED) is 0.869. The van der Waals surface area contributed by atoms with Crippen molar-refractivity contribution in [1.29, 1.82) is 0 Å². The normalized spacial score (nSPS) is 32.1. The first-order chi connectivity index (χ1) is 10.6. The van der Waals surface area contributed by atoms with Crippen molar-refractivity contribution >= 4 is 24.1 Å². The topological polar surface area (TPSA) is 72.9 Å². The van der Waals surface area contributed by atoms with E-state index in [1.54, 1.807) is 0 Å². The number of hydrogen-bond donors (Lipinski definition) is 2. The summed E-state index contributed by atoms with van der Waals surface area (Å²) in [5.74, 6) is 2.32. The lowest BCUT2D eigenvalue weighted by atomic mass is 9.65. The molecule has 1 amide bonds. The number of carbonyl (C=O) groups is 1. The molecule has 23 heavy (non-hydrogen) atoms. The fraction of sp³-hybridized carbons (Fsp3) is 0.765. The lowest BCUT2D eigenvalue weighted by Crippen LogP contribution is -2.48. The van der Waals surface area contributed by atoms with E-state index in [2.05, 4.69) is 10.4 Å². The summed E-state index contributed by atoms with van der Waals surface area (Å²) in [6, 6.07) is 0.318. The Kier molecular flexibility index (Phi) is 4.70. The molecule has 6 heteroatoms. The molecule has 0 saturated heterocycles. The predicted molar refractivity (Wildman–Crippen MR) is 92.6 cm³/mol. The minimum atomic E-state index is 0. The number of nitrogens with zero attached hydrogens (tertiary/aromatic N) is 2. The van der Waals surface area contributed by atoms with E-state index < -0.39 is 0 Å². The summed E-state index contributed by atoms with van der Waals surface area (Å²) in [6.45, 7) is 0. The minimum absolute atomic E-state index is 0. The Morgan fingerprint density at radius 3 is 2.61 bits per heavy atom. The van der Waals surface area contributed by atoms with Crippen molar-refractivity contribution in [2.75, 3.05) is 5.32 Å². The second kappa shape index (κ2) is 6.44. The van der Waals surface area contributed by atoms with Crippen LogP contribution in [0.25, 0.3) is 0 Å². The number of rotatable bonds is 2. The highest BCUT2D eigenvalue weighted by atomic mass is 35.5. The van der Waals surface area contributed by atoms with Crippen molar-refractivity contribution in [2.24, 2.45) is 30.5 Å². The summed E-state index contributed by atoms with van der Waals surface area (Å²) < 4.78 is 1.84. The Morgan fingerprint density at radius 2 is 1.91 bits per heavy atom. The molecule has 2 unspecified atom stereocenters. The SMILES string of the molecule is Cl.Cn1nc2c(c1NC(=O)C1CC3CCCC(C1)C3N)CCC2. The largest absolute Gasteiger partial charge is 0.327 e. The van der Waals surface area contributed by atoms with Crippen LogP contribution in [0.5, 0.6) is 0 Å². The van der Waals surface area contributed by atoms with Crippen molar-refractivity contribution in [3.05, 3.63) is 11.3 Å². The Balaban J connectivity index is 0.00000156. The van der Waals surface area contributed by atoms with E-state index in [1.807, 2.05) is 11.7 Å². The van der Waals surface area contributed by atoms with Gasteiger partial charge in [-0.3, -0.25) is 9.48 Å². The van der Waals surface area contributed by atoms with Gasteiger partial charge < -0.3 is 11.1 Å². The smallest absolute Gasteiger partial charge is 0.228 e. The molecule has 2 saturated carbocycles. The van der Waals surface area contributed by atoms with Crippen molar-refractivity contribution in [2.45, 2.75) is 57.4 Å². The molecule has 128 valence electrons. The third-order valence-corrected chi connectivity index (χ3v) is 6.09. The van der Waals surface area contributed by atoms with Crippen molar-refractivity contribution in [3.8, 4) is 0 Å². The number of amides is 1. The molecule has 0 radical (unpaired) electrons. The van der Waals surface area contributed by atoms with Gasteiger partial charge in [-0.05, 0) is 56.8 Å². The monoisotopic (exact) mass is 338 g/mol. The fourth-order valence-corrected chi connectivity index (χ4v) is 4.90. The lowest BCUT2D eigenvalue weighted by molar-refractivity contribution is -0.122. The molecule has 5 nitrogen and oxygen atoms in total. The van der Waals surface area contributed by atoms with Gasteiger partial charge >= 0.3 is 0 Å². The van der Waals surface area contributed by atoms with Gasteiger partial charge in [-0.15, -0.1) is 12.4 Å². The first-order valence-electron chi connectivity index (χ1n) is 8.74. The summed E-state index contributed by atoms with van der Waals surface area (Å²) in [6.07, 6.45) is 8.84. The van der Waals surface area contributed by atoms with Gasteiger partial charge in [0.1, 0.15) is 5.82 Å². The molecular weight excluding hydrogens is 312 g/mol. The van der Waals surface area contributed by atoms with Gasteiger partial charge in [0.25, 0.3) is 0 Å². The molecule has 1 heterocycles. The van der Waals surface area contributed by atoms with Gasteiger partial charge in [-0.2, -0.15) is 5.10 Å². The van der Waals surface area contributed by atoms with Crippen molar-refractivity contribution in [1.82, 2.24) is 9.78 Å². The molecule has 2 fully saturated rings. The van der Waals surface area contributed by atoms with Crippen LogP contribution in [0.2, 0.25) is 0 Å². The summed E-state index contributed by atoms with van der Waals surface area (Å²) in [7, 11) is 1.93. The van der Waals surface area contributed by atoms with Crippen LogP contribution in [-0.4, -0.2) is 21.7 Å². The predicted octanol–water partition coefficient (Wildman–Crippen LogP) is 2.42. The molecule has 3 N–H and O–H groups in total. The molecule has 0 aromatic carbocycles. The molecule has 4 rings (SSSR count). The maximum absolute atomic E-state index is 12.8. The summed E-state index contributed by atoms with van der Waals surface area (Å²) in [4.78, 5) is 12.8. The number of anilines is 1. The number of aryl methyl sites for hydroxylation is 2. The lowest BCUT2D eigenvalue weighted by Gasteiger charge is -2.43. The van der Waals surface area contributed by atoms with Gasteiger partial charge in [-0.1, -0.05) is 6.42 Å². The van der Waals surface area contributed by atoms with Crippen LogP contribution in [0.4, 0.5) is 5.82 Å². The van der Waals surface area contributed by atoms with E-state index in [9.17, 15) is 4.79 Å². The molecule has 1 aromatic rings. The van der Waals surface area contributed by atoms with E-state index in [-0.39, 0.29) is 24.2 Å². The van der Waals surface area contributed by atoms with Crippen molar-refractivity contribution < 1.29 is 4.79 Å². The molecule has 0 aliphatic heterocycles. The Bertz CT molecular complexity index is 586. The third kappa shape index (κ3) is 2.89. The second-order valence-electron chi connectivity index (χ2n) is 7.44. The van der Waals surface area contributed by atoms with E-state index in [4.69, 9.17) is 5.73 Å². The number of nitrogens with two attached hydrogens (primary N) is 1. The number of carbonyl (C=O) groups excluding carboxylic acids is 1. The Labute approximate surface area is 143 Å². The summed E-state index contributed by atoms with van der Waals surface area (Å²) in [5, 5.41) is 7.73.